The van der Waals surface area contributed by atoms with E-state index in [0.717, 1.165) is 24.6 Å². The Morgan fingerprint density at radius 1 is 1.64 bits per heavy atom. The summed E-state index contributed by atoms with van der Waals surface area (Å²) >= 11 is 0. The van der Waals surface area contributed by atoms with Crippen LogP contribution in [0, 0.1) is 0 Å². The predicted molar refractivity (Wildman–Crippen MR) is 52.4 cm³/mol. The first-order valence-electron chi connectivity index (χ1n) is 4.72. The zero-order valence-electron chi connectivity index (χ0n) is 8.19. The van der Waals surface area contributed by atoms with E-state index in [0.29, 0.717) is 6.61 Å². The van der Waals surface area contributed by atoms with Crippen molar-refractivity contribution in [2.24, 2.45) is 0 Å². The highest BCUT2D eigenvalue weighted by atomic mass is 16.5. The highest BCUT2D eigenvalue weighted by molar-refractivity contribution is 5.29. The number of rotatable bonds is 2. The molecule has 1 N–H and O–H groups in total. The van der Waals surface area contributed by atoms with Crippen molar-refractivity contribution in [2.75, 3.05) is 26.9 Å². The van der Waals surface area contributed by atoms with E-state index in [2.05, 4.69) is 10.3 Å². The van der Waals surface area contributed by atoms with E-state index in [4.69, 9.17) is 9.47 Å². The molecular formula is C10H14N2O2. The lowest BCUT2D eigenvalue weighted by Crippen LogP contribution is -2.35. The van der Waals surface area contributed by atoms with E-state index in [1.165, 1.54) is 0 Å². The molecule has 0 aliphatic carbocycles. The lowest BCUT2D eigenvalue weighted by molar-refractivity contribution is 0.0747. The van der Waals surface area contributed by atoms with Crippen LogP contribution in [0.1, 0.15) is 11.7 Å². The summed E-state index contributed by atoms with van der Waals surface area (Å²) in [5.74, 6) is 0.815. The zero-order chi connectivity index (χ0) is 9.80. The van der Waals surface area contributed by atoms with E-state index < -0.39 is 0 Å². The van der Waals surface area contributed by atoms with Crippen LogP contribution < -0.4 is 10.1 Å². The third kappa shape index (κ3) is 1.86. The van der Waals surface area contributed by atoms with E-state index in [1.807, 2.05) is 12.1 Å². The summed E-state index contributed by atoms with van der Waals surface area (Å²) in [6.07, 6.45) is 1.77. The van der Waals surface area contributed by atoms with Crippen LogP contribution >= 0.6 is 0 Å². The van der Waals surface area contributed by atoms with Crippen LogP contribution in [0.2, 0.25) is 0 Å². The van der Waals surface area contributed by atoms with Crippen molar-refractivity contribution in [2.45, 2.75) is 6.04 Å². The van der Waals surface area contributed by atoms with E-state index in [-0.39, 0.29) is 6.04 Å². The number of nitrogens with zero attached hydrogens (tertiary/aromatic N) is 1. The van der Waals surface area contributed by atoms with Gasteiger partial charge in [-0.1, -0.05) is 0 Å². The third-order valence-electron chi connectivity index (χ3n) is 2.27. The van der Waals surface area contributed by atoms with Gasteiger partial charge in [-0.05, 0) is 12.1 Å². The Hall–Kier alpha value is -1.13. The molecule has 14 heavy (non-hydrogen) atoms. The molecule has 1 aromatic heterocycles. The van der Waals surface area contributed by atoms with Gasteiger partial charge < -0.3 is 14.8 Å². The van der Waals surface area contributed by atoms with Gasteiger partial charge in [0.1, 0.15) is 11.4 Å². The lowest BCUT2D eigenvalue weighted by atomic mass is 10.1. The highest BCUT2D eigenvalue weighted by Crippen LogP contribution is 2.23. The van der Waals surface area contributed by atoms with Crippen LogP contribution in [-0.4, -0.2) is 31.9 Å². The summed E-state index contributed by atoms with van der Waals surface area (Å²) in [5.41, 5.74) is 0.926. The minimum Gasteiger partial charge on any atom is -0.495 e. The minimum absolute atomic E-state index is 0.153. The summed E-state index contributed by atoms with van der Waals surface area (Å²) in [4.78, 5) is 4.31. The van der Waals surface area contributed by atoms with Crippen molar-refractivity contribution < 1.29 is 9.47 Å². The molecule has 2 rings (SSSR count). The van der Waals surface area contributed by atoms with E-state index in [1.54, 1.807) is 13.3 Å². The molecule has 0 amide bonds. The maximum absolute atomic E-state index is 5.38. The standard InChI is InChI=1S/C10H14N2O2/c1-13-9-3-2-4-12-10(9)8-7-14-6-5-11-8/h2-4,8,11H,5-7H2,1H3/t8-/m1/s1. The Kier molecular flexibility index (Phi) is 2.96. The van der Waals surface area contributed by atoms with Gasteiger partial charge in [0.05, 0.1) is 26.4 Å². The largest absolute Gasteiger partial charge is 0.495 e. The van der Waals surface area contributed by atoms with Crippen molar-refractivity contribution in [1.29, 1.82) is 0 Å². The van der Waals surface area contributed by atoms with Gasteiger partial charge in [0.25, 0.3) is 0 Å². The van der Waals surface area contributed by atoms with E-state index in [9.17, 15) is 0 Å². The fourth-order valence-electron chi connectivity index (χ4n) is 1.58. The second-order valence-corrected chi connectivity index (χ2v) is 3.17. The molecule has 1 fully saturated rings. The van der Waals surface area contributed by atoms with Gasteiger partial charge in [0.15, 0.2) is 0 Å². The second-order valence-electron chi connectivity index (χ2n) is 3.17. The van der Waals surface area contributed by atoms with Gasteiger partial charge in [-0.15, -0.1) is 0 Å². The van der Waals surface area contributed by atoms with Crippen LogP contribution in [0.15, 0.2) is 18.3 Å². The smallest absolute Gasteiger partial charge is 0.142 e. The maximum Gasteiger partial charge on any atom is 0.142 e. The molecule has 1 aliphatic rings. The molecule has 1 aromatic rings. The number of morpholine rings is 1. The molecule has 0 spiro atoms. The number of pyridine rings is 1. The molecule has 0 saturated carbocycles. The van der Waals surface area contributed by atoms with Crippen LogP contribution in [0.25, 0.3) is 0 Å². The molecular weight excluding hydrogens is 180 g/mol. The third-order valence-corrected chi connectivity index (χ3v) is 2.27. The molecule has 1 saturated heterocycles. The number of aromatic nitrogens is 1. The van der Waals surface area contributed by atoms with Crippen molar-refractivity contribution in [3.63, 3.8) is 0 Å². The monoisotopic (exact) mass is 194 g/mol. The van der Waals surface area contributed by atoms with Gasteiger partial charge in [0.2, 0.25) is 0 Å². The van der Waals surface area contributed by atoms with Crippen LogP contribution in [0.3, 0.4) is 0 Å². The van der Waals surface area contributed by atoms with Crippen LogP contribution in [-0.2, 0) is 4.74 Å². The van der Waals surface area contributed by atoms with Gasteiger partial charge in [-0.2, -0.15) is 0 Å². The predicted octanol–water partition coefficient (Wildman–Crippen LogP) is 0.751. The first-order valence-corrected chi connectivity index (χ1v) is 4.72. The van der Waals surface area contributed by atoms with Gasteiger partial charge in [-0.3, -0.25) is 4.98 Å². The SMILES string of the molecule is COc1cccnc1[C@H]1COCCN1. The first kappa shape index (κ1) is 9.43. The molecule has 4 heteroatoms. The Morgan fingerprint density at radius 3 is 3.29 bits per heavy atom. The summed E-state index contributed by atoms with van der Waals surface area (Å²) in [7, 11) is 1.66. The normalized spacial score (nSPS) is 21.9. The quantitative estimate of drug-likeness (QED) is 0.754. The summed E-state index contributed by atoms with van der Waals surface area (Å²) in [6, 6.07) is 3.94. The average Bonchev–Trinajstić information content (AvgIpc) is 2.30. The number of nitrogens with one attached hydrogen (secondary N) is 1. The molecule has 4 nitrogen and oxygen atoms in total. The molecule has 76 valence electrons. The number of hydrogen-bond acceptors (Lipinski definition) is 4. The molecule has 1 aliphatic heterocycles. The Bertz CT molecular complexity index is 298. The first-order chi connectivity index (χ1) is 6.92. The molecule has 1 atom stereocenters. The number of hydrogen-bond donors (Lipinski definition) is 1. The minimum atomic E-state index is 0.153. The Labute approximate surface area is 83.2 Å². The van der Waals surface area contributed by atoms with Crippen LogP contribution in [0.5, 0.6) is 5.75 Å². The Morgan fingerprint density at radius 2 is 2.57 bits per heavy atom. The summed E-state index contributed by atoms with van der Waals surface area (Å²) < 4.78 is 10.6. The fraction of sp³-hybridized carbons (Fsp3) is 0.500. The zero-order valence-corrected chi connectivity index (χ0v) is 8.19. The van der Waals surface area contributed by atoms with Crippen molar-refractivity contribution in [3.05, 3.63) is 24.0 Å². The maximum atomic E-state index is 5.38. The molecule has 0 radical (unpaired) electrons. The fourth-order valence-corrected chi connectivity index (χ4v) is 1.58. The average molecular weight is 194 g/mol. The molecule has 0 unspecified atom stereocenters. The summed E-state index contributed by atoms with van der Waals surface area (Å²) in [6.45, 7) is 2.30. The summed E-state index contributed by atoms with van der Waals surface area (Å²) in [5, 5.41) is 3.34. The van der Waals surface area contributed by atoms with E-state index >= 15 is 0 Å². The molecule has 0 bridgehead atoms. The second kappa shape index (κ2) is 4.39. The van der Waals surface area contributed by atoms with Gasteiger partial charge in [0, 0.05) is 12.7 Å². The molecule has 2 heterocycles. The van der Waals surface area contributed by atoms with Crippen molar-refractivity contribution in [1.82, 2.24) is 10.3 Å². The van der Waals surface area contributed by atoms with Crippen molar-refractivity contribution >= 4 is 0 Å². The topological polar surface area (TPSA) is 43.4 Å². The number of methoxy groups -OCH3 is 1. The lowest BCUT2D eigenvalue weighted by Gasteiger charge is -2.24. The van der Waals surface area contributed by atoms with Crippen LogP contribution in [0.4, 0.5) is 0 Å². The Balaban J connectivity index is 2.20. The number of ether oxygens (including phenoxy) is 2. The highest BCUT2D eigenvalue weighted by Gasteiger charge is 2.19. The van der Waals surface area contributed by atoms with Crippen molar-refractivity contribution in [3.8, 4) is 5.75 Å². The molecule has 0 aromatic carbocycles. The van der Waals surface area contributed by atoms with Gasteiger partial charge in [-0.25, -0.2) is 0 Å². The van der Waals surface area contributed by atoms with Gasteiger partial charge >= 0.3 is 0 Å².